The number of aliphatic carboxylic acids is 1. The first-order chi connectivity index (χ1) is 10.1. The Morgan fingerprint density at radius 3 is 2.86 bits per heavy atom. The molecule has 1 aromatic carbocycles. The van der Waals surface area contributed by atoms with Crippen molar-refractivity contribution in [1.29, 1.82) is 0 Å². The van der Waals surface area contributed by atoms with E-state index in [0.717, 1.165) is 5.56 Å². The SMILES string of the molecule is O=C(O)COc1cccc(NC(=O)NCc2ccsc2)c1. The van der Waals surface area contributed by atoms with Crippen molar-refractivity contribution in [3.05, 3.63) is 46.7 Å². The maximum absolute atomic E-state index is 11.7. The molecule has 0 unspecified atom stereocenters. The molecule has 3 N–H and O–H groups in total. The molecule has 0 atom stereocenters. The van der Waals surface area contributed by atoms with Crippen LogP contribution in [0.5, 0.6) is 5.75 Å². The van der Waals surface area contributed by atoms with Gasteiger partial charge in [-0.15, -0.1) is 0 Å². The first-order valence-electron chi connectivity index (χ1n) is 6.14. The molecule has 110 valence electrons. The lowest BCUT2D eigenvalue weighted by Gasteiger charge is -2.09. The molecule has 2 amide bonds. The van der Waals surface area contributed by atoms with Crippen LogP contribution in [0.25, 0.3) is 0 Å². The van der Waals surface area contributed by atoms with E-state index in [1.165, 1.54) is 0 Å². The summed E-state index contributed by atoms with van der Waals surface area (Å²) in [5.41, 5.74) is 1.56. The highest BCUT2D eigenvalue weighted by atomic mass is 32.1. The zero-order chi connectivity index (χ0) is 15.1. The largest absolute Gasteiger partial charge is 0.482 e. The van der Waals surface area contributed by atoms with Crippen LogP contribution in [-0.4, -0.2) is 23.7 Å². The monoisotopic (exact) mass is 306 g/mol. The van der Waals surface area contributed by atoms with Crippen LogP contribution in [0.4, 0.5) is 10.5 Å². The third-order valence-corrected chi connectivity index (χ3v) is 3.22. The second-order valence-electron chi connectivity index (χ2n) is 4.15. The van der Waals surface area contributed by atoms with E-state index < -0.39 is 12.6 Å². The van der Waals surface area contributed by atoms with Crippen molar-refractivity contribution in [3.8, 4) is 5.75 Å². The van der Waals surface area contributed by atoms with Gasteiger partial charge >= 0.3 is 12.0 Å². The van der Waals surface area contributed by atoms with Gasteiger partial charge in [-0.2, -0.15) is 11.3 Å². The molecule has 0 saturated carbocycles. The molecule has 0 aliphatic rings. The number of carboxylic acids is 1. The van der Waals surface area contributed by atoms with E-state index >= 15 is 0 Å². The highest BCUT2D eigenvalue weighted by Gasteiger charge is 2.04. The maximum Gasteiger partial charge on any atom is 0.341 e. The molecule has 0 bridgehead atoms. The lowest BCUT2D eigenvalue weighted by atomic mass is 10.3. The second kappa shape index (κ2) is 7.30. The van der Waals surface area contributed by atoms with Crippen LogP contribution in [0, 0.1) is 0 Å². The Labute approximate surface area is 125 Å². The Balaban J connectivity index is 1.85. The van der Waals surface area contributed by atoms with Crippen molar-refractivity contribution in [1.82, 2.24) is 5.32 Å². The molecule has 21 heavy (non-hydrogen) atoms. The van der Waals surface area contributed by atoms with Gasteiger partial charge in [-0.25, -0.2) is 9.59 Å². The van der Waals surface area contributed by atoms with Gasteiger partial charge in [0.15, 0.2) is 6.61 Å². The molecule has 6 nitrogen and oxygen atoms in total. The Hall–Kier alpha value is -2.54. The number of hydrogen-bond acceptors (Lipinski definition) is 4. The third-order valence-electron chi connectivity index (χ3n) is 2.49. The number of hydrogen-bond donors (Lipinski definition) is 3. The van der Waals surface area contributed by atoms with Crippen molar-refractivity contribution >= 4 is 29.0 Å². The van der Waals surface area contributed by atoms with Gasteiger partial charge in [0.2, 0.25) is 0 Å². The number of benzene rings is 1. The molecule has 0 radical (unpaired) electrons. The number of carbonyl (C=O) groups is 2. The van der Waals surface area contributed by atoms with Gasteiger partial charge in [0.05, 0.1) is 0 Å². The fourth-order valence-corrected chi connectivity index (χ4v) is 2.23. The van der Waals surface area contributed by atoms with Crippen LogP contribution < -0.4 is 15.4 Å². The van der Waals surface area contributed by atoms with Crippen molar-refractivity contribution in [2.75, 3.05) is 11.9 Å². The Kier molecular flexibility index (Phi) is 5.16. The lowest BCUT2D eigenvalue weighted by Crippen LogP contribution is -2.27. The van der Waals surface area contributed by atoms with Crippen molar-refractivity contribution < 1.29 is 19.4 Å². The molecule has 0 aliphatic heterocycles. The topological polar surface area (TPSA) is 87.7 Å². The van der Waals surface area contributed by atoms with Gasteiger partial charge in [0, 0.05) is 18.3 Å². The minimum absolute atomic E-state index is 0.336. The number of ether oxygens (including phenoxy) is 1. The number of thiophene rings is 1. The summed E-state index contributed by atoms with van der Waals surface area (Å²) in [5.74, 6) is -0.671. The van der Waals surface area contributed by atoms with Crippen LogP contribution in [-0.2, 0) is 11.3 Å². The summed E-state index contributed by atoms with van der Waals surface area (Å²) in [5, 5.41) is 17.8. The van der Waals surface area contributed by atoms with E-state index in [4.69, 9.17) is 9.84 Å². The van der Waals surface area contributed by atoms with E-state index in [9.17, 15) is 9.59 Å². The number of nitrogens with one attached hydrogen (secondary N) is 2. The molecular formula is C14H14N2O4S. The van der Waals surface area contributed by atoms with Gasteiger partial charge in [-0.05, 0) is 34.5 Å². The quantitative estimate of drug-likeness (QED) is 0.765. The summed E-state index contributed by atoms with van der Waals surface area (Å²) in [7, 11) is 0. The van der Waals surface area contributed by atoms with E-state index in [-0.39, 0.29) is 6.03 Å². The molecule has 0 aliphatic carbocycles. The Morgan fingerprint density at radius 1 is 1.29 bits per heavy atom. The highest BCUT2D eigenvalue weighted by Crippen LogP contribution is 2.17. The van der Waals surface area contributed by atoms with Gasteiger partial charge in [-0.1, -0.05) is 6.07 Å². The predicted octanol–water partition coefficient (Wildman–Crippen LogP) is 2.53. The molecule has 2 rings (SSSR count). The van der Waals surface area contributed by atoms with Gasteiger partial charge < -0.3 is 20.5 Å². The molecule has 0 fully saturated rings. The maximum atomic E-state index is 11.7. The number of carboxylic acid groups (broad SMARTS) is 1. The van der Waals surface area contributed by atoms with E-state index in [1.807, 2.05) is 16.8 Å². The van der Waals surface area contributed by atoms with E-state index in [2.05, 4.69) is 10.6 Å². The van der Waals surface area contributed by atoms with E-state index in [0.29, 0.717) is 18.0 Å². The van der Waals surface area contributed by atoms with Crippen LogP contribution in [0.1, 0.15) is 5.56 Å². The minimum Gasteiger partial charge on any atom is -0.482 e. The van der Waals surface area contributed by atoms with Crippen LogP contribution in [0.15, 0.2) is 41.1 Å². The smallest absolute Gasteiger partial charge is 0.341 e. The number of urea groups is 1. The molecule has 7 heteroatoms. The zero-order valence-corrected chi connectivity index (χ0v) is 11.9. The number of anilines is 1. The number of rotatable bonds is 6. The molecule has 0 saturated heterocycles. The van der Waals surface area contributed by atoms with Crippen LogP contribution in [0.3, 0.4) is 0 Å². The fraction of sp³-hybridized carbons (Fsp3) is 0.143. The van der Waals surface area contributed by atoms with Gasteiger partial charge in [-0.3, -0.25) is 0 Å². The Morgan fingerprint density at radius 2 is 2.14 bits per heavy atom. The Bertz CT molecular complexity index is 613. The third kappa shape index (κ3) is 5.15. The summed E-state index contributed by atoms with van der Waals surface area (Å²) in [6.07, 6.45) is 0. The van der Waals surface area contributed by atoms with Crippen LogP contribution >= 0.6 is 11.3 Å². The van der Waals surface area contributed by atoms with E-state index in [1.54, 1.807) is 35.6 Å². The molecule has 0 spiro atoms. The molecule has 1 heterocycles. The average Bonchev–Trinajstić information content (AvgIpc) is 2.97. The molecule has 1 aromatic heterocycles. The summed E-state index contributed by atoms with van der Waals surface area (Å²) < 4.78 is 5.04. The lowest BCUT2D eigenvalue weighted by molar-refractivity contribution is -0.139. The minimum atomic E-state index is -1.05. The second-order valence-corrected chi connectivity index (χ2v) is 4.93. The zero-order valence-electron chi connectivity index (χ0n) is 11.0. The first kappa shape index (κ1) is 14.9. The van der Waals surface area contributed by atoms with Gasteiger partial charge in [0.25, 0.3) is 0 Å². The molecular weight excluding hydrogens is 292 g/mol. The average molecular weight is 306 g/mol. The van der Waals surface area contributed by atoms with Crippen LogP contribution in [0.2, 0.25) is 0 Å². The molecule has 2 aromatic rings. The standard InChI is InChI=1S/C14H14N2O4S/c17-13(18)8-20-12-3-1-2-11(6-12)16-14(19)15-7-10-4-5-21-9-10/h1-6,9H,7-8H2,(H,17,18)(H2,15,16,19). The normalized spacial score (nSPS) is 9.90. The number of carbonyl (C=O) groups excluding carboxylic acids is 1. The highest BCUT2D eigenvalue weighted by molar-refractivity contribution is 7.07. The summed E-state index contributed by atoms with van der Waals surface area (Å²) in [4.78, 5) is 22.2. The van der Waals surface area contributed by atoms with Gasteiger partial charge in [0.1, 0.15) is 5.75 Å². The van der Waals surface area contributed by atoms with Crippen molar-refractivity contribution in [3.63, 3.8) is 0 Å². The van der Waals surface area contributed by atoms with Crippen molar-refractivity contribution in [2.45, 2.75) is 6.54 Å². The number of amides is 2. The summed E-state index contributed by atoms with van der Waals surface area (Å²) in [6, 6.07) is 8.15. The van der Waals surface area contributed by atoms with Crippen molar-refractivity contribution in [2.24, 2.45) is 0 Å². The fourth-order valence-electron chi connectivity index (χ4n) is 1.56. The summed E-state index contributed by atoms with van der Waals surface area (Å²) >= 11 is 1.57. The first-order valence-corrected chi connectivity index (χ1v) is 7.08. The predicted molar refractivity (Wildman–Crippen MR) is 79.8 cm³/mol. The summed E-state index contributed by atoms with van der Waals surface area (Å²) in [6.45, 7) is 0.0261.